The van der Waals surface area contributed by atoms with Crippen LogP contribution in [0.5, 0.6) is 11.5 Å². The standard InChI is InChI=1S/C24H34N2O7S/c1-3-19-6-4-5-11-26(19)23(27)17(2)33-24(28)18-9-12-25(13-10-18)34(29,30)20-7-8-21-22(16-20)32-15-14-31-21/h7-8,16-19H,3-6,9-15H2,1-2H3/t17-,19-/m1/s1. The zero-order chi connectivity index (χ0) is 24.3. The van der Waals surface area contributed by atoms with E-state index in [0.717, 1.165) is 25.7 Å². The van der Waals surface area contributed by atoms with E-state index in [2.05, 4.69) is 6.92 Å². The van der Waals surface area contributed by atoms with E-state index in [1.165, 1.54) is 16.4 Å². The van der Waals surface area contributed by atoms with Crippen LogP contribution in [0.15, 0.2) is 23.1 Å². The maximum atomic E-state index is 13.1. The van der Waals surface area contributed by atoms with E-state index in [9.17, 15) is 18.0 Å². The van der Waals surface area contributed by atoms with Crippen LogP contribution in [0, 0.1) is 5.92 Å². The van der Waals surface area contributed by atoms with E-state index in [4.69, 9.17) is 14.2 Å². The molecule has 1 aromatic rings. The molecule has 0 N–H and O–H groups in total. The average molecular weight is 495 g/mol. The molecular formula is C24H34N2O7S. The van der Waals surface area contributed by atoms with E-state index in [1.54, 1.807) is 13.0 Å². The fourth-order valence-corrected chi connectivity index (χ4v) is 6.42. The molecule has 4 rings (SSSR count). The van der Waals surface area contributed by atoms with Gasteiger partial charge in [-0.25, -0.2) is 8.42 Å². The number of fused-ring (bicyclic) bond motifs is 1. The lowest BCUT2D eigenvalue weighted by Crippen LogP contribution is -2.49. The predicted molar refractivity (Wildman–Crippen MR) is 124 cm³/mol. The Kier molecular flexibility index (Phi) is 7.67. The van der Waals surface area contributed by atoms with E-state index in [1.807, 2.05) is 4.90 Å². The van der Waals surface area contributed by atoms with Gasteiger partial charge in [-0.1, -0.05) is 6.92 Å². The minimum atomic E-state index is -3.72. The highest BCUT2D eigenvalue weighted by molar-refractivity contribution is 7.89. The van der Waals surface area contributed by atoms with Crippen LogP contribution >= 0.6 is 0 Å². The quantitative estimate of drug-likeness (QED) is 0.560. The van der Waals surface area contributed by atoms with Crippen LogP contribution in [-0.2, 0) is 24.3 Å². The van der Waals surface area contributed by atoms with Gasteiger partial charge in [0.15, 0.2) is 17.6 Å². The Hall–Kier alpha value is -2.33. The van der Waals surface area contributed by atoms with Gasteiger partial charge in [0, 0.05) is 31.7 Å². The Morgan fingerprint density at radius 2 is 1.76 bits per heavy atom. The second kappa shape index (κ2) is 10.5. The van der Waals surface area contributed by atoms with Crippen LogP contribution in [0.4, 0.5) is 0 Å². The normalized spacial score (nSPS) is 22.8. The Bertz CT molecular complexity index is 1000. The van der Waals surface area contributed by atoms with Gasteiger partial charge in [0.1, 0.15) is 13.2 Å². The molecular weight excluding hydrogens is 460 g/mol. The second-order valence-corrected chi connectivity index (χ2v) is 11.1. The van der Waals surface area contributed by atoms with Crippen LogP contribution in [0.2, 0.25) is 0 Å². The van der Waals surface area contributed by atoms with Gasteiger partial charge in [0.05, 0.1) is 10.8 Å². The van der Waals surface area contributed by atoms with Gasteiger partial charge < -0.3 is 19.1 Å². The number of carbonyl (C=O) groups excluding carboxylic acids is 2. The van der Waals surface area contributed by atoms with E-state index >= 15 is 0 Å². The lowest BCUT2D eigenvalue weighted by molar-refractivity contribution is -0.165. The van der Waals surface area contributed by atoms with E-state index in [0.29, 0.717) is 44.1 Å². The zero-order valence-corrected chi connectivity index (χ0v) is 20.7. The van der Waals surface area contributed by atoms with Crippen LogP contribution in [0.3, 0.4) is 0 Å². The second-order valence-electron chi connectivity index (χ2n) is 9.15. The van der Waals surface area contributed by atoms with E-state index < -0.39 is 28.0 Å². The molecule has 2 atom stereocenters. The first-order valence-corrected chi connectivity index (χ1v) is 13.7. The zero-order valence-electron chi connectivity index (χ0n) is 19.9. The maximum absolute atomic E-state index is 13.1. The Balaban J connectivity index is 1.32. The first-order valence-electron chi connectivity index (χ1n) is 12.2. The summed E-state index contributed by atoms with van der Waals surface area (Å²) >= 11 is 0. The smallest absolute Gasteiger partial charge is 0.309 e. The summed E-state index contributed by atoms with van der Waals surface area (Å²) in [6, 6.07) is 4.81. The molecule has 3 aliphatic heterocycles. The summed E-state index contributed by atoms with van der Waals surface area (Å²) in [7, 11) is -3.72. The fraction of sp³-hybridized carbons (Fsp3) is 0.667. The highest BCUT2D eigenvalue weighted by atomic mass is 32.2. The van der Waals surface area contributed by atoms with Crippen LogP contribution < -0.4 is 9.47 Å². The molecule has 0 bridgehead atoms. The van der Waals surface area contributed by atoms with Crippen LogP contribution in [-0.4, -0.2) is 74.5 Å². The van der Waals surface area contributed by atoms with Crippen molar-refractivity contribution in [1.82, 2.24) is 9.21 Å². The van der Waals surface area contributed by atoms with Gasteiger partial charge in [0.2, 0.25) is 10.0 Å². The number of amides is 1. The number of rotatable bonds is 6. The van der Waals surface area contributed by atoms with E-state index in [-0.39, 0.29) is 29.9 Å². The Labute approximate surface area is 201 Å². The highest BCUT2D eigenvalue weighted by Gasteiger charge is 2.36. The number of piperidine rings is 2. The summed E-state index contributed by atoms with van der Waals surface area (Å²) in [5.74, 6) is -0.0420. The van der Waals surface area contributed by atoms with Gasteiger partial charge in [-0.3, -0.25) is 9.59 Å². The molecule has 3 heterocycles. The largest absolute Gasteiger partial charge is 0.486 e. The van der Waals surface area contributed by atoms with Crippen molar-refractivity contribution in [1.29, 1.82) is 0 Å². The molecule has 0 radical (unpaired) electrons. The first kappa shape index (κ1) is 24.8. The molecule has 0 unspecified atom stereocenters. The number of nitrogens with zero attached hydrogens (tertiary/aromatic N) is 2. The third-order valence-electron chi connectivity index (χ3n) is 6.96. The minimum Gasteiger partial charge on any atom is -0.486 e. The summed E-state index contributed by atoms with van der Waals surface area (Å²) in [5.41, 5.74) is 0. The van der Waals surface area contributed by atoms with Crippen molar-refractivity contribution < 1.29 is 32.2 Å². The molecule has 10 heteroatoms. The summed E-state index contributed by atoms with van der Waals surface area (Å²) < 4.78 is 44.1. The van der Waals surface area contributed by atoms with Crippen molar-refractivity contribution in [2.75, 3.05) is 32.8 Å². The van der Waals surface area contributed by atoms with Crippen molar-refractivity contribution in [3.05, 3.63) is 18.2 Å². The van der Waals surface area contributed by atoms with Crippen LogP contribution in [0.1, 0.15) is 52.4 Å². The predicted octanol–water partition coefficient (Wildman–Crippen LogP) is 2.58. The number of esters is 1. The molecule has 0 saturated carbocycles. The summed E-state index contributed by atoms with van der Waals surface area (Å²) in [6.07, 6.45) is 3.83. The molecule has 188 valence electrons. The minimum absolute atomic E-state index is 0.140. The number of carbonyl (C=O) groups is 2. The number of ether oxygens (including phenoxy) is 3. The monoisotopic (exact) mass is 494 g/mol. The maximum Gasteiger partial charge on any atom is 0.309 e. The number of likely N-dealkylation sites (tertiary alicyclic amines) is 1. The van der Waals surface area contributed by atoms with Gasteiger partial charge in [-0.2, -0.15) is 4.31 Å². The van der Waals surface area contributed by atoms with Crippen LogP contribution in [0.25, 0.3) is 0 Å². The van der Waals surface area contributed by atoms with Crippen molar-refractivity contribution in [3.63, 3.8) is 0 Å². The van der Waals surface area contributed by atoms with Gasteiger partial charge in [-0.15, -0.1) is 0 Å². The first-order chi connectivity index (χ1) is 16.3. The van der Waals surface area contributed by atoms with Crippen molar-refractivity contribution in [2.24, 2.45) is 5.92 Å². The van der Waals surface area contributed by atoms with Gasteiger partial charge in [0.25, 0.3) is 5.91 Å². The topological polar surface area (TPSA) is 102 Å². The Morgan fingerprint density at radius 3 is 2.47 bits per heavy atom. The van der Waals surface area contributed by atoms with Gasteiger partial charge >= 0.3 is 5.97 Å². The molecule has 3 aliphatic rings. The number of sulfonamides is 1. The van der Waals surface area contributed by atoms with Crippen molar-refractivity contribution in [3.8, 4) is 11.5 Å². The molecule has 1 aromatic carbocycles. The molecule has 0 spiro atoms. The Morgan fingerprint density at radius 1 is 1.06 bits per heavy atom. The molecule has 0 aliphatic carbocycles. The number of benzene rings is 1. The lowest BCUT2D eigenvalue weighted by atomic mass is 9.98. The molecule has 2 saturated heterocycles. The summed E-state index contributed by atoms with van der Waals surface area (Å²) in [5, 5.41) is 0. The molecule has 0 aromatic heterocycles. The van der Waals surface area contributed by atoms with Crippen molar-refractivity contribution >= 4 is 21.9 Å². The SMILES string of the molecule is CC[C@@H]1CCCCN1C(=O)[C@@H](C)OC(=O)C1CCN(S(=O)(=O)c2ccc3c(c2)OCCO3)CC1. The summed E-state index contributed by atoms with van der Waals surface area (Å²) in [4.78, 5) is 27.6. The highest BCUT2D eigenvalue weighted by Crippen LogP contribution is 2.34. The third kappa shape index (κ3) is 5.17. The van der Waals surface area contributed by atoms with Crippen molar-refractivity contribution in [2.45, 2.75) is 69.4 Å². The molecule has 1 amide bonds. The summed E-state index contributed by atoms with van der Waals surface area (Å²) in [6.45, 7) is 5.63. The fourth-order valence-electron chi connectivity index (χ4n) is 4.93. The number of hydrogen-bond donors (Lipinski definition) is 0. The molecule has 34 heavy (non-hydrogen) atoms. The lowest BCUT2D eigenvalue weighted by Gasteiger charge is -2.37. The number of hydrogen-bond acceptors (Lipinski definition) is 7. The third-order valence-corrected chi connectivity index (χ3v) is 8.86. The average Bonchev–Trinajstić information content (AvgIpc) is 2.87. The molecule has 2 fully saturated rings. The molecule has 9 nitrogen and oxygen atoms in total. The van der Waals surface area contributed by atoms with Gasteiger partial charge in [-0.05, 0) is 57.6 Å².